The summed E-state index contributed by atoms with van der Waals surface area (Å²) in [7, 11) is 1.75. The number of aryl methyl sites for hydroxylation is 1. The van der Waals surface area contributed by atoms with E-state index in [1.54, 1.807) is 11.6 Å². The minimum atomic E-state index is -1.17. The average Bonchev–Trinajstić information content (AvgIpc) is 3.18. The largest absolute Gasteiger partial charge is 0.486 e. The zero-order valence-electron chi connectivity index (χ0n) is 22.5. The number of nitrogens with zero attached hydrogens (tertiary/aromatic N) is 3. The third kappa shape index (κ3) is 8.42. The summed E-state index contributed by atoms with van der Waals surface area (Å²) < 4.78 is 29.8. The third-order valence-electron chi connectivity index (χ3n) is 5.58. The average molecular weight is 565 g/mol. The van der Waals surface area contributed by atoms with Gasteiger partial charge >= 0.3 is 17.9 Å². The molecule has 1 aromatic heterocycles. The van der Waals surface area contributed by atoms with Crippen LogP contribution in [0.5, 0.6) is 5.75 Å². The second-order valence-corrected chi connectivity index (χ2v) is 9.97. The molecule has 0 bridgehead atoms. The summed E-state index contributed by atoms with van der Waals surface area (Å²) in [6, 6.07) is 6.63. The Balaban J connectivity index is 1.89. The van der Waals surface area contributed by atoms with E-state index >= 15 is 0 Å². The Bertz CT molecular complexity index is 1200. The molecule has 0 spiro atoms. The van der Waals surface area contributed by atoms with Crippen molar-refractivity contribution in [3.8, 4) is 5.75 Å². The van der Waals surface area contributed by atoms with Crippen LogP contribution in [0.2, 0.25) is 0 Å². The van der Waals surface area contributed by atoms with Crippen LogP contribution in [0.15, 0.2) is 29.4 Å². The molecule has 1 N–H and O–H groups in total. The lowest BCUT2D eigenvalue weighted by molar-refractivity contribution is -0.211. The minimum Gasteiger partial charge on any atom is -0.486 e. The Labute approximate surface area is 229 Å². The molecular weight excluding hydrogens is 532 g/mol. The highest BCUT2D eigenvalue weighted by Crippen LogP contribution is 2.35. The molecule has 1 aliphatic heterocycles. The monoisotopic (exact) mass is 564 g/mol. The summed E-state index contributed by atoms with van der Waals surface area (Å²) in [6.45, 7) is 6.71. The summed E-state index contributed by atoms with van der Waals surface area (Å²) in [5.74, 6) is -1.15. The van der Waals surface area contributed by atoms with Gasteiger partial charge in [-0.25, -0.2) is 0 Å². The number of nitrogens with one attached hydrogen (secondary N) is 1. The number of hydrogen-bond donors (Lipinski definition) is 1. The molecule has 1 amide bonds. The van der Waals surface area contributed by atoms with Crippen molar-refractivity contribution >= 4 is 35.6 Å². The standard InChI is InChI=1S/C25H32N4O9S/c1-13-8-7-9-18(10-13)35-12-20-27-28-25(29(20)6)39-24-21(26-14(2)30)23(37-17(5)33)22(36-16(4)32)19(38-24)11-34-15(3)31/h7-10,19,21-24H,11-12H2,1-6H3,(H,26,30)/t19-,21-,22-,23-,24-/m1/s1. The van der Waals surface area contributed by atoms with Crippen molar-refractivity contribution in [2.75, 3.05) is 6.61 Å². The van der Waals surface area contributed by atoms with E-state index < -0.39 is 53.6 Å². The number of carbonyl (C=O) groups is 4. The van der Waals surface area contributed by atoms with Crippen molar-refractivity contribution in [2.24, 2.45) is 7.05 Å². The number of ether oxygens (including phenoxy) is 5. The highest BCUT2D eigenvalue weighted by Gasteiger charge is 2.51. The van der Waals surface area contributed by atoms with Gasteiger partial charge in [-0.1, -0.05) is 23.9 Å². The fourth-order valence-electron chi connectivity index (χ4n) is 3.92. The van der Waals surface area contributed by atoms with Gasteiger partial charge in [-0.3, -0.25) is 19.2 Å². The summed E-state index contributed by atoms with van der Waals surface area (Å²) in [6.07, 6.45) is -3.33. The fraction of sp³-hybridized carbons (Fsp3) is 0.520. The number of aromatic nitrogens is 3. The molecule has 5 atom stereocenters. The number of hydrogen-bond acceptors (Lipinski definition) is 12. The van der Waals surface area contributed by atoms with Crippen LogP contribution in [0.1, 0.15) is 39.1 Å². The highest BCUT2D eigenvalue weighted by atomic mass is 32.2. The first-order valence-electron chi connectivity index (χ1n) is 12.1. The summed E-state index contributed by atoms with van der Waals surface area (Å²) >= 11 is 1.10. The molecule has 3 rings (SSSR count). The van der Waals surface area contributed by atoms with E-state index in [4.69, 9.17) is 23.7 Å². The number of amides is 1. The van der Waals surface area contributed by atoms with Crippen LogP contribution < -0.4 is 10.1 Å². The quantitative estimate of drug-likeness (QED) is 0.328. The van der Waals surface area contributed by atoms with Crippen molar-refractivity contribution in [3.05, 3.63) is 35.7 Å². The number of carbonyl (C=O) groups excluding carboxylic acids is 4. The van der Waals surface area contributed by atoms with E-state index in [1.165, 1.54) is 27.7 Å². The maximum Gasteiger partial charge on any atom is 0.303 e. The molecule has 0 radical (unpaired) electrons. The van der Waals surface area contributed by atoms with Crippen LogP contribution in [0, 0.1) is 6.92 Å². The second-order valence-electron chi connectivity index (χ2n) is 8.90. The predicted molar refractivity (Wildman–Crippen MR) is 136 cm³/mol. The van der Waals surface area contributed by atoms with Crippen LogP contribution >= 0.6 is 11.8 Å². The molecule has 2 aromatic rings. The van der Waals surface area contributed by atoms with E-state index in [9.17, 15) is 19.2 Å². The van der Waals surface area contributed by atoms with Crippen LogP contribution in [0.4, 0.5) is 0 Å². The number of thioether (sulfide) groups is 1. The first-order chi connectivity index (χ1) is 18.4. The van der Waals surface area contributed by atoms with Gasteiger partial charge in [0.2, 0.25) is 5.91 Å². The normalized spacial score (nSPS) is 22.5. The molecule has 13 nitrogen and oxygen atoms in total. The summed E-state index contributed by atoms with van der Waals surface area (Å²) in [5, 5.41) is 11.6. The molecule has 0 saturated carbocycles. The SMILES string of the molecule is CC(=O)N[C@@H]1[C@@H](OC(C)=O)[C@H](OC(C)=O)[C@@H](COC(C)=O)O[C@@H]1Sc1nnc(COc2cccc(C)c2)n1C. The van der Waals surface area contributed by atoms with Crippen LogP contribution in [-0.4, -0.2) is 75.0 Å². The van der Waals surface area contributed by atoms with Crippen molar-refractivity contribution in [1.29, 1.82) is 0 Å². The lowest BCUT2D eigenvalue weighted by Gasteiger charge is -2.44. The van der Waals surface area contributed by atoms with E-state index in [2.05, 4.69) is 15.5 Å². The zero-order chi connectivity index (χ0) is 28.7. The van der Waals surface area contributed by atoms with Gasteiger partial charge in [-0.2, -0.15) is 0 Å². The first-order valence-corrected chi connectivity index (χ1v) is 13.0. The summed E-state index contributed by atoms with van der Waals surface area (Å²) in [5.41, 5.74) is 0.150. The molecule has 0 unspecified atom stereocenters. The van der Waals surface area contributed by atoms with Gasteiger partial charge < -0.3 is 33.6 Å². The minimum absolute atomic E-state index is 0.147. The maximum absolute atomic E-state index is 12.1. The Hall–Kier alpha value is -3.65. The van der Waals surface area contributed by atoms with Crippen molar-refractivity contribution in [1.82, 2.24) is 20.1 Å². The van der Waals surface area contributed by atoms with Gasteiger partial charge in [0.15, 0.2) is 23.2 Å². The molecule has 14 heteroatoms. The van der Waals surface area contributed by atoms with Gasteiger partial charge in [-0.05, 0) is 24.6 Å². The van der Waals surface area contributed by atoms with Crippen LogP contribution in [-0.2, 0) is 51.8 Å². The molecule has 1 aromatic carbocycles. The Morgan fingerprint density at radius 1 is 1.03 bits per heavy atom. The zero-order valence-corrected chi connectivity index (χ0v) is 23.4. The lowest BCUT2D eigenvalue weighted by Crippen LogP contribution is -2.65. The fourth-order valence-corrected chi connectivity index (χ4v) is 5.05. The number of esters is 3. The van der Waals surface area contributed by atoms with Crippen LogP contribution in [0.25, 0.3) is 0 Å². The highest BCUT2D eigenvalue weighted by molar-refractivity contribution is 7.99. The van der Waals surface area contributed by atoms with Gasteiger partial charge in [0.1, 0.15) is 36.5 Å². The van der Waals surface area contributed by atoms with Crippen molar-refractivity contribution in [2.45, 2.75) is 76.2 Å². The van der Waals surface area contributed by atoms with E-state index in [0.717, 1.165) is 17.3 Å². The molecule has 1 aliphatic rings. The Kier molecular flexibility index (Phi) is 10.3. The first kappa shape index (κ1) is 29.9. The maximum atomic E-state index is 12.1. The molecule has 1 saturated heterocycles. The topological polar surface area (TPSA) is 157 Å². The van der Waals surface area contributed by atoms with E-state index in [0.29, 0.717) is 16.7 Å². The van der Waals surface area contributed by atoms with Gasteiger partial charge in [0, 0.05) is 34.7 Å². The van der Waals surface area contributed by atoms with Gasteiger partial charge in [0.25, 0.3) is 0 Å². The Morgan fingerprint density at radius 3 is 2.33 bits per heavy atom. The number of benzene rings is 1. The van der Waals surface area contributed by atoms with E-state index in [1.807, 2.05) is 31.2 Å². The van der Waals surface area contributed by atoms with Gasteiger partial charge in [-0.15, -0.1) is 10.2 Å². The molecule has 212 valence electrons. The molecule has 0 aliphatic carbocycles. The molecular formula is C25H32N4O9S. The second kappa shape index (κ2) is 13.4. The summed E-state index contributed by atoms with van der Waals surface area (Å²) in [4.78, 5) is 47.6. The van der Waals surface area contributed by atoms with Crippen molar-refractivity contribution < 1.29 is 42.9 Å². The van der Waals surface area contributed by atoms with Gasteiger partial charge in [0.05, 0.1) is 0 Å². The number of rotatable bonds is 10. The third-order valence-corrected chi connectivity index (χ3v) is 6.78. The molecule has 39 heavy (non-hydrogen) atoms. The molecule has 2 heterocycles. The lowest BCUT2D eigenvalue weighted by atomic mass is 9.97. The van der Waals surface area contributed by atoms with Crippen molar-refractivity contribution in [3.63, 3.8) is 0 Å². The predicted octanol–water partition coefficient (Wildman–Crippen LogP) is 1.45. The van der Waals surface area contributed by atoms with Crippen LogP contribution in [0.3, 0.4) is 0 Å². The smallest absolute Gasteiger partial charge is 0.303 e. The molecule has 1 fully saturated rings. The Morgan fingerprint density at radius 2 is 1.72 bits per heavy atom. The van der Waals surface area contributed by atoms with E-state index in [-0.39, 0.29) is 13.2 Å².